The van der Waals surface area contributed by atoms with E-state index in [1.807, 2.05) is 31.4 Å². The SMILES string of the molecule is CN1CCN(Cc2cc3c(=O)n(C)cc(-c4cccc(N)c4)c3s2)CC1. The first kappa shape index (κ1) is 17.3. The Morgan fingerprint density at radius 1 is 1.12 bits per heavy atom. The number of thiophene rings is 1. The van der Waals surface area contributed by atoms with Gasteiger partial charge in [0.1, 0.15) is 0 Å². The molecule has 3 heterocycles. The zero-order valence-electron chi connectivity index (χ0n) is 15.2. The van der Waals surface area contributed by atoms with Gasteiger partial charge in [-0.3, -0.25) is 9.69 Å². The van der Waals surface area contributed by atoms with Crippen LogP contribution in [0.15, 0.2) is 41.3 Å². The predicted molar refractivity (Wildman–Crippen MR) is 110 cm³/mol. The Morgan fingerprint density at radius 3 is 2.62 bits per heavy atom. The maximum Gasteiger partial charge on any atom is 0.259 e. The van der Waals surface area contributed by atoms with Crippen molar-refractivity contribution in [3.8, 4) is 11.1 Å². The number of hydrogen-bond donors (Lipinski definition) is 1. The van der Waals surface area contributed by atoms with E-state index in [2.05, 4.69) is 29.0 Å². The summed E-state index contributed by atoms with van der Waals surface area (Å²) in [6.07, 6.45) is 1.93. The minimum atomic E-state index is 0.0635. The molecule has 5 nitrogen and oxygen atoms in total. The molecule has 0 unspecified atom stereocenters. The summed E-state index contributed by atoms with van der Waals surface area (Å²) >= 11 is 1.73. The Bertz CT molecular complexity index is 999. The molecule has 0 aliphatic carbocycles. The average Bonchev–Trinajstić information content (AvgIpc) is 3.04. The van der Waals surface area contributed by atoms with Gasteiger partial charge in [0.15, 0.2) is 0 Å². The van der Waals surface area contributed by atoms with E-state index < -0.39 is 0 Å². The number of benzene rings is 1. The molecular formula is C20H24N4OS. The molecule has 0 amide bonds. The van der Waals surface area contributed by atoms with Gasteiger partial charge in [0, 0.05) is 66.8 Å². The van der Waals surface area contributed by atoms with Crippen LogP contribution in [0.4, 0.5) is 5.69 Å². The van der Waals surface area contributed by atoms with Crippen LogP contribution in [0.2, 0.25) is 0 Å². The number of hydrogen-bond acceptors (Lipinski definition) is 5. The summed E-state index contributed by atoms with van der Waals surface area (Å²) in [5.74, 6) is 0. The molecular weight excluding hydrogens is 344 g/mol. The molecule has 0 bridgehead atoms. The molecule has 0 atom stereocenters. The van der Waals surface area contributed by atoms with Crippen LogP contribution in [-0.4, -0.2) is 47.6 Å². The highest BCUT2D eigenvalue weighted by atomic mass is 32.1. The van der Waals surface area contributed by atoms with E-state index >= 15 is 0 Å². The summed E-state index contributed by atoms with van der Waals surface area (Å²) in [6.45, 7) is 5.25. The van der Waals surface area contributed by atoms with Crippen molar-refractivity contribution in [3.63, 3.8) is 0 Å². The van der Waals surface area contributed by atoms with E-state index in [-0.39, 0.29) is 5.56 Å². The van der Waals surface area contributed by atoms with Gasteiger partial charge in [-0.15, -0.1) is 11.3 Å². The van der Waals surface area contributed by atoms with Crippen LogP contribution < -0.4 is 11.3 Å². The molecule has 2 N–H and O–H groups in total. The van der Waals surface area contributed by atoms with Crippen molar-refractivity contribution in [1.29, 1.82) is 0 Å². The molecule has 3 aromatic rings. The highest BCUT2D eigenvalue weighted by Crippen LogP contribution is 2.34. The number of rotatable bonds is 3. The van der Waals surface area contributed by atoms with E-state index in [1.165, 1.54) is 4.88 Å². The summed E-state index contributed by atoms with van der Waals surface area (Å²) in [5, 5.41) is 0.807. The van der Waals surface area contributed by atoms with E-state index in [0.717, 1.165) is 59.6 Å². The molecule has 0 spiro atoms. The van der Waals surface area contributed by atoms with Crippen LogP contribution in [0.1, 0.15) is 4.88 Å². The second-order valence-corrected chi connectivity index (χ2v) is 8.26. The van der Waals surface area contributed by atoms with Crippen molar-refractivity contribution >= 4 is 27.1 Å². The monoisotopic (exact) mass is 368 g/mol. The zero-order chi connectivity index (χ0) is 18.3. The lowest BCUT2D eigenvalue weighted by Gasteiger charge is -2.31. The molecule has 1 saturated heterocycles. The first-order chi connectivity index (χ1) is 12.5. The Labute approximate surface area is 157 Å². The summed E-state index contributed by atoms with van der Waals surface area (Å²) in [6, 6.07) is 9.95. The summed E-state index contributed by atoms with van der Waals surface area (Å²) in [5.41, 5.74) is 8.90. The number of piperazine rings is 1. The van der Waals surface area contributed by atoms with E-state index in [1.54, 1.807) is 15.9 Å². The van der Waals surface area contributed by atoms with Gasteiger partial charge >= 0.3 is 0 Å². The topological polar surface area (TPSA) is 54.5 Å². The van der Waals surface area contributed by atoms with Gasteiger partial charge < -0.3 is 15.2 Å². The van der Waals surface area contributed by atoms with Crippen molar-refractivity contribution in [3.05, 3.63) is 51.8 Å². The molecule has 0 saturated carbocycles. The minimum Gasteiger partial charge on any atom is -0.399 e. The molecule has 0 radical (unpaired) electrons. The molecule has 1 aliphatic heterocycles. The number of nitrogen functional groups attached to an aromatic ring is 1. The smallest absolute Gasteiger partial charge is 0.259 e. The third-order valence-corrected chi connectivity index (χ3v) is 6.23. The van der Waals surface area contributed by atoms with Crippen LogP contribution in [0.25, 0.3) is 21.2 Å². The van der Waals surface area contributed by atoms with Crippen LogP contribution in [0.5, 0.6) is 0 Å². The lowest BCUT2D eigenvalue weighted by atomic mass is 10.1. The fraction of sp³-hybridized carbons (Fsp3) is 0.350. The van der Waals surface area contributed by atoms with Gasteiger partial charge in [-0.05, 0) is 30.8 Å². The fourth-order valence-corrected chi connectivity index (χ4v) is 4.74. The Kier molecular flexibility index (Phi) is 4.56. The third-order valence-electron chi connectivity index (χ3n) is 5.07. The zero-order valence-corrected chi connectivity index (χ0v) is 16.1. The van der Waals surface area contributed by atoms with Crippen molar-refractivity contribution < 1.29 is 0 Å². The van der Waals surface area contributed by atoms with Crippen LogP contribution >= 0.6 is 11.3 Å². The minimum absolute atomic E-state index is 0.0635. The van der Waals surface area contributed by atoms with Gasteiger partial charge in [0.2, 0.25) is 0 Å². The number of anilines is 1. The van der Waals surface area contributed by atoms with Crippen molar-refractivity contribution in [2.45, 2.75) is 6.54 Å². The van der Waals surface area contributed by atoms with Crippen LogP contribution in [0.3, 0.4) is 0 Å². The second-order valence-electron chi connectivity index (χ2n) is 7.12. The van der Waals surface area contributed by atoms with E-state index in [9.17, 15) is 4.79 Å². The normalized spacial score (nSPS) is 16.4. The number of aromatic nitrogens is 1. The van der Waals surface area contributed by atoms with Gasteiger partial charge in [-0.2, -0.15) is 0 Å². The molecule has 136 valence electrons. The molecule has 1 aromatic carbocycles. The number of fused-ring (bicyclic) bond motifs is 1. The average molecular weight is 369 g/mol. The third kappa shape index (κ3) is 3.28. The van der Waals surface area contributed by atoms with Crippen molar-refractivity contribution in [2.24, 2.45) is 7.05 Å². The lowest BCUT2D eigenvalue weighted by Crippen LogP contribution is -2.43. The lowest BCUT2D eigenvalue weighted by molar-refractivity contribution is 0.149. The van der Waals surface area contributed by atoms with Crippen LogP contribution in [0, 0.1) is 0 Å². The molecule has 4 rings (SSSR count). The fourth-order valence-electron chi connectivity index (χ4n) is 3.52. The summed E-state index contributed by atoms with van der Waals surface area (Å²) in [7, 11) is 3.98. The Balaban J connectivity index is 1.75. The maximum absolute atomic E-state index is 12.7. The first-order valence-electron chi connectivity index (χ1n) is 8.90. The standard InChI is InChI=1S/C20H24N4OS/c1-22-6-8-24(9-7-22)12-16-11-17-19(26-16)18(13-23(2)20(17)25)14-4-3-5-15(21)10-14/h3-5,10-11,13H,6-9,12,21H2,1-2H3. The second kappa shape index (κ2) is 6.87. The summed E-state index contributed by atoms with van der Waals surface area (Å²) < 4.78 is 2.73. The quantitative estimate of drug-likeness (QED) is 0.722. The molecule has 26 heavy (non-hydrogen) atoms. The number of aryl methyl sites for hydroxylation is 1. The molecule has 2 aromatic heterocycles. The summed E-state index contributed by atoms with van der Waals surface area (Å²) in [4.78, 5) is 18.7. The van der Waals surface area contributed by atoms with Crippen molar-refractivity contribution in [1.82, 2.24) is 14.4 Å². The Morgan fingerprint density at radius 2 is 1.88 bits per heavy atom. The molecule has 1 aliphatic rings. The van der Waals surface area contributed by atoms with Gasteiger partial charge in [-0.1, -0.05) is 12.1 Å². The highest BCUT2D eigenvalue weighted by Gasteiger charge is 2.17. The largest absolute Gasteiger partial charge is 0.399 e. The Hall–Kier alpha value is -2.15. The first-order valence-corrected chi connectivity index (χ1v) is 9.72. The number of nitrogens with two attached hydrogens (primary N) is 1. The van der Waals surface area contributed by atoms with Crippen molar-refractivity contribution in [2.75, 3.05) is 39.0 Å². The van der Waals surface area contributed by atoms with E-state index in [0.29, 0.717) is 0 Å². The predicted octanol–water partition coefficient (Wildman–Crippen LogP) is 2.60. The van der Waals surface area contributed by atoms with E-state index in [4.69, 9.17) is 5.73 Å². The molecule has 6 heteroatoms. The highest BCUT2D eigenvalue weighted by molar-refractivity contribution is 7.19. The van der Waals surface area contributed by atoms with Gasteiger partial charge in [0.05, 0.1) is 5.39 Å². The maximum atomic E-state index is 12.7. The van der Waals surface area contributed by atoms with Gasteiger partial charge in [0.25, 0.3) is 5.56 Å². The number of nitrogens with zero attached hydrogens (tertiary/aromatic N) is 3. The number of pyridine rings is 1. The van der Waals surface area contributed by atoms with Gasteiger partial charge in [-0.25, -0.2) is 0 Å². The molecule has 1 fully saturated rings. The number of likely N-dealkylation sites (N-methyl/N-ethyl adjacent to an activating group) is 1. The van der Waals surface area contributed by atoms with Crippen LogP contribution in [-0.2, 0) is 13.6 Å².